The summed E-state index contributed by atoms with van der Waals surface area (Å²) in [5.74, 6) is 0. The van der Waals surface area contributed by atoms with Crippen molar-refractivity contribution in [1.29, 1.82) is 0 Å². The summed E-state index contributed by atoms with van der Waals surface area (Å²) in [6.07, 6.45) is 1.04. The third-order valence-electron chi connectivity index (χ3n) is 3.03. The van der Waals surface area contributed by atoms with Gasteiger partial charge in [0.15, 0.2) is 0 Å². The van der Waals surface area contributed by atoms with Gasteiger partial charge in [-0.15, -0.1) is 0 Å². The van der Waals surface area contributed by atoms with Crippen LogP contribution in [0.15, 0.2) is 30.3 Å². The van der Waals surface area contributed by atoms with E-state index in [1.807, 2.05) is 13.0 Å². The van der Waals surface area contributed by atoms with Crippen molar-refractivity contribution in [2.75, 3.05) is 5.73 Å². The lowest BCUT2D eigenvalue weighted by Gasteiger charge is -2.12. The fraction of sp³-hybridized carbons (Fsp3) is 0.286. The van der Waals surface area contributed by atoms with E-state index in [0.29, 0.717) is 0 Å². The summed E-state index contributed by atoms with van der Waals surface area (Å²) < 4.78 is 2.28. The fourth-order valence-electron chi connectivity index (χ4n) is 2.04. The van der Waals surface area contributed by atoms with Gasteiger partial charge in [0, 0.05) is 22.8 Å². The minimum atomic E-state index is 0.853. The molecular weight excluding hydrogens is 196 g/mol. The Labute approximate surface area is 96.7 Å². The third-order valence-corrected chi connectivity index (χ3v) is 3.03. The molecule has 0 aliphatic carbocycles. The number of anilines is 1. The molecule has 0 spiro atoms. The lowest BCUT2D eigenvalue weighted by atomic mass is 10.1. The lowest BCUT2D eigenvalue weighted by molar-refractivity contribution is 0.905. The van der Waals surface area contributed by atoms with E-state index in [0.717, 1.165) is 17.7 Å². The summed E-state index contributed by atoms with van der Waals surface area (Å²) >= 11 is 0. The Hall–Kier alpha value is -1.70. The van der Waals surface area contributed by atoms with Crippen molar-refractivity contribution in [2.45, 2.75) is 27.2 Å². The monoisotopic (exact) mass is 214 g/mol. The van der Waals surface area contributed by atoms with E-state index < -0.39 is 0 Å². The van der Waals surface area contributed by atoms with Gasteiger partial charge in [-0.25, -0.2) is 0 Å². The first-order valence-corrected chi connectivity index (χ1v) is 5.67. The maximum absolute atomic E-state index is 5.84. The summed E-state index contributed by atoms with van der Waals surface area (Å²) in [4.78, 5) is 0. The number of nitrogen functional groups attached to an aromatic ring is 1. The van der Waals surface area contributed by atoms with E-state index >= 15 is 0 Å². The Morgan fingerprint density at radius 3 is 2.50 bits per heavy atom. The molecule has 2 N–H and O–H groups in total. The van der Waals surface area contributed by atoms with Crippen molar-refractivity contribution < 1.29 is 0 Å². The van der Waals surface area contributed by atoms with Crippen molar-refractivity contribution in [3.63, 3.8) is 0 Å². The van der Waals surface area contributed by atoms with Crippen LogP contribution in [0, 0.1) is 13.8 Å². The third kappa shape index (κ3) is 1.71. The molecular formula is C14H18N2. The zero-order valence-electron chi connectivity index (χ0n) is 10.1. The number of hydrogen-bond donors (Lipinski definition) is 1. The molecule has 0 unspecified atom stereocenters. The van der Waals surface area contributed by atoms with Crippen LogP contribution in [0.4, 0.5) is 5.69 Å². The molecule has 0 bridgehead atoms. The second-order valence-corrected chi connectivity index (χ2v) is 4.20. The standard InChI is InChI=1S/C14H18N2/c1-4-12-6-5-11(3)16(12)13-7-8-14(15)10(2)9-13/h5-9H,4,15H2,1-3H3. The van der Waals surface area contributed by atoms with Gasteiger partial charge in [0.2, 0.25) is 0 Å². The molecule has 2 aromatic rings. The van der Waals surface area contributed by atoms with Crippen LogP contribution in [-0.4, -0.2) is 4.57 Å². The van der Waals surface area contributed by atoms with Gasteiger partial charge in [-0.1, -0.05) is 6.92 Å². The topological polar surface area (TPSA) is 30.9 Å². The molecule has 0 saturated heterocycles. The number of hydrogen-bond acceptors (Lipinski definition) is 1. The first-order chi connectivity index (χ1) is 7.63. The van der Waals surface area contributed by atoms with Crippen LogP contribution in [0.25, 0.3) is 5.69 Å². The molecule has 84 valence electrons. The Balaban J connectivity index is 2.57. The van der Waals surface area contributed by atoms with Gasteiger partial charge in [0.1, 0.15) is 0 Å². The van der Waals surface area contributed by atoms with Crippen LogP contribution >= 0.6 is 0 Å². The van der Waals surface area contributed by atoms with Crippen LogP contribution < -0.4 is 5.73 Å². The lowest BCUT2D eigenvalue weighted by Crippen LogP contribution is -2.02. The maximum atomic E-state index is 5.84. The molecule has 1 aromatic carbocycles. The van der Waals surface area contributed by atoms with E-state index in [1.165, 1.54) is 17.1 Å². The number of benzene rings is 1. The molecule has 1 aromatic heterocycles. The number of nitrogens with zero attached hydrogens (tertiary/aromatic N) is 1. The molecule has 0 amide bonds. The Morgan fingerprint density at radius 2 is 1.88 bits per heavy atom. The molecule has 2 heteroatoms. The number of rotatable bonds is 2. The van der Waals surface area contributed by atoms with Crippen LogP contribution in [0.3, 0.4) is 0 Å². The van der Waals surface area contributed by atoms with Gasteiger partial charge < -0.3 is 10.3 Å². The maximum Gasteiger partial charge on any atom is 0.0459 e. The van der Waals surface area contributed by atoms with E-state index in [-0.39, 0.29) is 0 Å². The Kier molecular flexibility index (Phi) is 2.73. The normalized spacial score (nSPS) is 10.7. The van der Waals surface area contributed by atoms with Gasteiger partial charge >= 0.3 is 0 Å². The molecule has 2 rings (SSSR count). The first-order valence-electron chi connectivity index (χ1n) is 5.67. The molecule has 0 saturated carbocycles. The van der Waals surface area contributed by atoms with Gasteiger partial charge in [-0.3, -0.25) is 0 Å². The van der Waals surface area contributed by atoms with Gasteiger partial charge in [-0.05, 0) is 56.2 Å². The van der Waals surface area contributed by atoms with E-state index in [1.54, 1.807) is 0 Å². The summed E-state index contributed by atoms with van der Waals surface area (Å²) in [7, 11) is 0. The van der Waals surface area contributed by atoms with E-state index in [4.69, 9.17) is 5.73 Å². The van der Waals surface area contributed by atoms with Crippen molar-refractivity contribution >= 4 is 5.69 Å². The number of aromatic nitrogens is 1. The second-order valence-electron chi connectivity index (χ2n) is 4.20. The van der Waals surface area contributed by atoms with E-state index in [2.05, 4.69) is 42.7 Å². The van der Waals surface area contributed by atoms with Crippen molar-refractivity contribution in [3.8, 4) is 5.69 Å². The predicted octanol–water partition coefficient (Wildman–Crippen LogP) is 3.24. The van der Waals surface area contributed by atoms with Crippen molar-refractivity contribution in [2.24, 2.45) is 0 Å². The average molecular weight is 214 g/mol. The van der Waals surface area contributed by atoms with Gasteiger partial charge in [0.25, 0.3) is 0 Å². The SMILES string of the molecule is CCc1ccc(C)n1-c1ccc(N)c(C)c1. The average Bonchev–Trinajstić information content (AvgIpc) is 2.64. The van der Waals surface area contributed by atoms with Gasteiger partial charge in [0.05, 0.1) is 0 Å². The Bertz CT molecular complexity index is 509. The molecule has 0 aliphatic rings. The predicted molar refractivity (Wildman–Crippen MR) is 69.0 cm³/mol. The Morgan fingerprint density at radius 1 is 1.12 bits per heavy atom. The van der Waals surface area contributed by atoms with Crippen molar-refractivity contribution in [3.05, 3.63) is 47.3 Å². The highest BCUT2D eigenvalue weighted by atomic mass is 15.0. The van der Waals surface area contributed by atoms with Crippen LogP contribution in [0.1, 0.15) is 23.9 Å². The highest BCUT2D eigenvalue weighted by molar-refractivity contribution is 5.53. The number of aryl methyl sites for hydroxylation is 3. The minimum absolute atomic E-state index is 0.853. The molecule has 0 atom stereocenters. The zero-order valence-corrected chi connectivity index (χ0v) is 10.1. The largest absolute Gasteiger partial charge is 0.399 e. The molecule has 16 heavy (non-hydrogen) atoms. The highest BCUT2D eigenvalue weighted by Gasteiger charge is 2.06. The summed E-state index contributed by atoms with van der Waals surface area (Å²) in [5, 5.41) is 0. The second kappa shape index (κ2) is 4.05. The van der Waals surface area contributed by atoms with Gasteiger partial charge in [-0.2, -0.15) is 0 Å². The molecule has 0 aliphatic heterocycles. The van der Waals surface area contributed by atoms with Crippen LogP contribution in [0.5, 0.6) is 0 Å². The zero-order chi connectivity index (χ0) is 11.7. The molecule has 0 fully saturated rings. The fourth-order valence-corrected chi connectivity index (χ4v) is 2.04. The van der Waals surface area contributed by atoms with Crippen LogP contribution in [0.2, 0.25) is 0 Å². The molecule has 2 nitrogen and oxygen atoms in total. The van der Waals surface area contributed by atoms with Crippen molar-refractivity contribution in [1.82, 2.24) is 4.57 Å². The minimum Gasteiger partial charge on any atom is -0.399 e. The van der Waals surface area contributed by atoms with Crippen LogP contribution in [-0.2, 0) is 6.42 Å². The smallest absolute Gasteiger partial charge is 0.0459 e. The number of nitrogens with two attached hydrogens (primary N) is 1. The first kappa shape index (κ1) is 10.8. The molecule has 1 heterocycles. The summed E-state index contributed by atoms with van der Waals surface area (Å²) in [5.41, 5.74) is 11.6. The van der Waals surface area contributed by atoms with E-state index in [9.17, 15) is 0 Å². The molecule has 0 radical (unpaired) electrons. The quantitative estimate of drug-likeness (QED) is 0.764. The highest BCUT2D eigenvalue weighted by Crippen LogP contribution is 2.21. The summed E-state index contributed by atoms with van der Waals surface area (Å²) in [6, 6.07) is 10.5. The summed E-state index contributed by atoms with van der Waals surface area (Å²) in [6.45, 7) is 6.35.